The van der Waals surface area contributed by atoms with E-state index >= 15 is 0 Å². The fourth-order valence-corrected chi connectivity index (χ4v) is 3.41. The summed E-state index contributed by atoms with van der Waals surface area (Å²) in [6.45, 7) is 0. The van der Waals surface area contributed by atoms with Gasteiger partial charge in [0.1, 0.15) is 11.3 Å². The van der Waals surface area contributed by atoms with Gasteiger partial charge < -0.3 is 9.73 Å². The largest absolute Gasteiger partial charge is 0.436 e. The van der Waals surface area contributed by atoms with E-state index in [-0.39, 0.29) is 22.5 Å². The average molecular weight is 470 g/mol. The van der Waals surface area contributed by atoms with Gasteiger partial charge in [-0.3, -0.25) is 10.1 Å². The van der Waals surface area contributed by atoms with Crippen LogP contribution in [0.1, 0.15) is 10.4 Å². The molecule has 1 heterocycles. The molecule has 0 saturated heterocycles. The van der Waals surface area contributed by atoms with Crippen molar-refractivity contribution in [2.45, 2.75) is 0 Å². The molecule has 0 aliphatic heterocycles. The molecule has 3 aromatic carbocycles. The minimum Gasteiger partial charge on any atom is -0.436 e. The van der Waals surface area contributed by atoms with Crippen LogP contribution >= 0.6 is 28.1 Å². The van der Waals surface area contributed by atoms with Gasteiger partial charge in [0.15, 0.2) is 10.7 Å². The van der Waals surface area contributed by atoms with E-state index in [4.69, 9.17) is 16.6 Å². The van der Waals surface area contributed by atoms with E-state index in [9.17, 15) is 9.18 Å². The molecule has 2 N–H and O–H groups in total. The van der Waals surface area contributed by atoms with Crippen LogP contribution in [0.3, 0.4) is 0 Å². The number of hydrogen-bond acceptors (Lipinski definition) is 4. The monoisotopic (exact) mass is 469 g/mol. The normalized spacial score (nSPS) is 10.7. The number of carbonyl (C=O) groups is 1. The maximum absolute atomic E-state index is 14.0. The van der Waals surface area contributed by atoms with Gasteiger partial charge in [0.05, 0.1) is 11.1 Å². The second-order valence-corrected chi connectivity index (χ2v) is 7.33. The van der Waals surface area contributed by atoms with Crippen molar-refractivity contribution in [3.8, 4) is 11.5 Å². The number of aromatic nitrogens is 1. The smallest absolute Gasteiger partial charge is 0.258 e. The van der Waals surface area contributed by atoms with Gasteiger partial charge in [-0.05, 0) is 70.6 Å². The molecule has 1 aromatic heterocycles. The van der Waals surface area contributed by atoms with Gasteiger partial charge in [-0.2, -0.15) is 0 Å². The Morgan fingerprint density at radius 2 is 1.83 bits per heavy atom. The van der Waals surface area contributed by atoms with Crippen LogP contribution in [0.25, 0.3) is 22.6 Å². The highest BCUT2D eigenvalue weighted by atomic mass is 79.9. The summed E-state index contributed by atoms with van der Waals surface area (Å²) in [7, 11) is 0. The molecule has 0 fully saturated rings. The van der Waals surface area contributed by atoms with Crippen LogP contribution in [0.2, 0.25) is 0 Å². The van der Waals surface area contributed by atoms with E-state index in [1.54, 1.807) is 54.6 Å². The lowest BCUT2D eigenvalue weighted by molar-refractivity contribution is 0.0977. The van der Waals surface area contributed by atoms with Crippen molar-refractivity contribution >= 4 is 56.0 Å². The van der Waals surface area contributed by atoms with Crippen LogP contribution in [0.4, 0.5) is 10.1 Å². The molecule has 4 aromatic rings. The van der Waals surface area contributed by atoms with Gasteiger partial charge in [0.2, 0.25) is 5.89 Å². The lowest BCUT2D eigenvalue weighted by atomic mass is 10.2. The minimum absolute atomic E-state index is 0.142. The third kappa shape index (κ3) is 4.18. The maximum Gasteiger partial charge on any atom is 0.258 e. The fraction of sp³-hybridized carbons (Fsp3) is 0. The van der Waals surface area contributed by atoms with Crippen LogP contribution in [-0.2, 0) is 0 Å². The molecule has 144 valence electrons. The van der Waals surface area contributed by atoms with Crippen molar-refractivity contribution in [1.29, 1.82) is 0 Å². The van der Waals surface area contributed by atoms with E-state index in [0.717, 1.165) is 0 Å². The number of rotatable bonds is 3. The highest BCUT2D eigenvalue weighted by Gasteiger charge is 2.14. The Labute approximate surface area is 179 Å². The van der Waals surface area contributed by atoms with Gasteiger partial charge in [-0.25, -0.2) is 9.37 Å². The molecule has 0 aliphatic rings. The summed E-state index contributed by atoms with van der Waals surface area (Å²) < 4.78 is 20.3. The lowest BCUT2D eigenvalue weighted by Crippen LogP contribution is -2.34. The average Bonchev–Trinajstić information content (AvgIpc) is 3.11. The molecular weight excluding hydrogens is 457 g/mol. The molecule has 5 nitrogen and oxygen atoms in total. The van der Waals surface area contributed by atoms with Crippen molar-refractivity contribution in [2.24, 2.45) is 0 Å². The first-order valence-corrected chi connectivity index (χ1v) is 9.74. The predicted octanol–water partition coefficient (Wildman–Crippen LogP) is 5.52. The number of benzene rings is 3. The number of amides is 1. The van der Waals surface area contributed by atoms with Gasteiger partial charge in [-0.1, -0.05) is 24.3 Å². The number of anilines is 1. The molecule has 0 bridgehead atoms. The zero-order chi connectivity index (χ0) is 20.4. The molecule has 4 rings (SSSR count). The van der Waals surface area contributed by atoms with E-state index in [1.165, 1.54) is 6.07 Å². The van der Waals surface area contributed by atoms with E-state index in [2.05, 4.69) is 31.5 Å². The van der Waals surface area contributed by atoms with Crippen molar-refractivity contribution in [1.82, 2.24) is 10.3 Å². The molecule has 0 unspecified atom stereocenters. The fourth-order valence-electron chi connectivity index (χ4n) is 2.73. The highest BCUT2D eigenvalue weighted by molar-refractivity contribution is 9.10. The van der Waals surface area contributed by atoms with Crippen LogP contribution in [-0.4, -0.2) is 16.0 Å². The number of fused-ring (bicyclic) bond motifs is 1. The summed E-state index contributed by atoms with van der Waals surface area (Å²) in [6, 6.07) is 18.5. The third-order valence-electron chi connectivity index (χ3n) is 4.10. The van der Waals surface area contributed by atoms with E-state index < -0.39 is 5.82 Å². The second-order valence-electron chi connectivity index (χ2n) is 6.07. The van der Waals surface area contributed by atoms with Crippen LogP contribution in [0, 0.1) is 5.82 Å². The number of halogens is 2. The third-order valence-corrected chi connectivity index (χ3v) is 4.99. The van der Waals surface area contributed by atoms with Crippen LogP contribution < -0.4 is 10.6 Å². The molecule has 0 radical (unpaired) electrons. The molecule has 0 aliphatic carbocycles. The Morgan fingerprint density at radius 3 is 2.62 bits per heavy atom. The SMILES string of the molecule is O=C(NC(=S)Nc1ccc2oc(-c3ccccc3F)nc2c1)c1ccccc1Br. The molecular formula is C21H13BrFN3O2S. The number of thiocarbonyl (C=S) groups is 1. The van der Waals surface area contributed by atoms with Crippen molar-refractivity contribution < 1.29 is 13.6 Å². The number of nitrogens with one attached hydrogen (secondary N) is 2. The van der Waals surface area contributed by atoms with E-state index in [1.807, 2.05) is 6.07 Å². The Balaban J connectivity index is 1.51. The van der Waals surface area contributed by atoms with Crippen molar-refractivity contribution in [3.63, 3.8) is 0 Å². The van der Waals surface area contributed by atoms with Crippen molar-refractivity contribution in [2.75, 3.05) is 5.32 Å². The summed E-state index contributed by atoms with van der Waals surface area (Å²) >= 11 is 8.56. The highest BCUT2D eigenvalue weighted by Crippen LogP contribution is 2.27. The molecule has 8 heteroatoms. The van der Waals surface area contributed by atoms with Crippen LogP contribution in [0.5, 0.6) is 0 Å². The second kappa shape index (κ2) is 8.10. The molecule has 0 spiro atoms. The van der Waals surface area contributed by atoms with Crippen molar-refractivity contribution in [3.05, 3.63) is 82.6 Å². The number of nitrogens with zero attached hydrogens (tertiary/aromatic N) is 1. The quantitative estimate of drug-likeness (QED) is 0.386. The minimum atomic E-state index is -0.409. The molecule has 1 amide bonds. The zero-order valence-electron chi connectivity index (χ0n) is 14.8. The lowest BCUT2D eigenvalue weighted by Gasteiger charge is -2.10. The summed E-state index contributed by atoms with van der Waals surface area (Å²) in [5, 5.41) is 5.71. The Hall–Kier alpha value is -3.10. The summed E-state index contributed by atoms with van der Waals surface area (Å²) in [4.78, 5) is 16.7. The summed E-state index contributed by atoms with van der Waals surface area (Å²) in [6.07, 6.45) is 0. The molecule has 0 atom stereocenters. The topological polar surface area (TPSA) is 67.2 Å². The first-order chi connectivity index (χ1) is 14.0. The van der Waals surface area contributed by atoms with Gasteiger partial charge >= 0.3 is 0 Å². The molecule has 0 saturated carbocycles. The van der Waals surface area contributed by atoms with Gasteiger partial charge in [-0.15, -0.1) is 0 Å². The van der Waals surface area contributed by atoms with E-state index in [0.29, 0.717) is 26.8 Å². The Kier molecular flexibility index (Phi) is 5.37. The zero-order valence-corrected chi connectivity index (χ0v) is 17.2. The van der Waals surface area contributed by atoms with Gasteiger partial charge in [0, 0.05) is 10.2 Å². The number of oxazole rings is 1. The van der Waals surface area contributed by atoms with Gasteiger partial charge in [0.25, 0.3) is 5.91 Å². The standard InChI is InChI=1S/C21H13BrFN3O2S/c22-15-7-3-1-5-13(15)19(27)26-21(29)24-12-9-10-18-17(11-12)25-20(28-18)14-6-2-4-8-16(14)23/h1-11H,(H2,24,26,27,29). The van der Waals surface area contributed by atoms with Crippen LogP contribution in [0.15, 0.2) is 75.6 Å². The maximum atomic E-state index is 14.0. The first-order valence-electron chi connectivity index (χ1n) is 8.53. The summed E-state index contributed by atoms with van der Waals surface area (Å²) in [5.74, 6) is -0.548. The Bertz CT molecular complexity index is 1240. The number of hydrogen-bond donors (Lipinski definition) is 2. The predicted molar refractivity (Wildman–Crippen MR) is 117 cm³/mol. The molecule has 29 heavy (non-hydrogen) atoms. The Morgan fingerprint density at radius 1 is 1.07 bits per heavy atom. The summed E-state index contributed by atoms with van der Waals surface area (Å²) in [5.41, 5.74) is 2.42. The first kappa shape index (κ1) is 19.2. The number of carbonyl (C=O) groups excluding carboxylic acids is 1.